The maximum atomic E-state index is 14.2. The van der Waals surface area contributed by atoms with E-state index in [4.69, 9.17) is 26.1 Å². The highest BCUT2D eigenvalue weighted by atomic mass is 35.5. The second kappa shape index (κ2) is 10.0. The van der Waals surface area contributed by atoms with E-state index in [9.17, 15) is 4.39 Å². The first-order valence-electron chi connectivity index (χ1n) is 11.5. The van der Waals surface area contributed by atoms with Gasteiger partial charge in [-0.3, -0.25) is 4.98 Å². The Hall–Kier alpha value is -3.85. The molecule has 0 aliphatic carbocycles. The molecule has 0 saturated carbocycles. The van der Waals surface area contributed by atoms with Gasteiger partial charge in [0.15, 0.2) is 0 Å². The van der Waals surface area contributed by atoms with Crippen LogP contribution in [0.15, 0.2) is 48.7 Å². The quantitative estimate of drug-likeness (QED) is 0.380. The molecule has 2 aromatic carbocycles. The summed E-state index contributed by atoms with van der Waals surface area (Å²) in [6.45, 7) is 4.96. The molecule has 1 N–H and O–H groups in total. The van der Waals surface area contributed by atoms with Gasteiger partial charge in [-0.2, -0.15) is 4.98 Å². The van der Waals surface area contributed by atoms with Crippen molar-refractivity contribution < 1.29 is 13.9 Å². The number of rotatable bonds is 6. The van der Waals surface area contributed by atoms with Gasteiger partial charge < -0.3 is 24.6 Å². The highest BCUT2D eigenvalue weighted by Gasteiger charge is 2.21. The minimum absolute atomic E-state index is 0.0768. The zero-order chi connectivity index (χ0) is 25.2. The number of nitrogens with one attached hydrogen (secondary N) is 1. The predicted octanol–water partition coefficient (Wildman–Crippen LogP) is 5.21. The lowest BCUT2D eigenvalue weighted by Crippen LogP contribution is -2.47. The molecule has 1 fully saturated rings. The van der Waals surface area contributed by atoms with Gasteiger partial charge in [-0.05, 0) is 25.1 Å². The van der Waals surface area contributed by atoms with E-state index in [1.807, 2.05) is 37.3 Å². The van der Waals surface area contributed by atoms with Crippen LogP contribution in [-0.2, 0) is 0 Å². The summed E-state index contributed by atoms with van der Waals surface area (Å²) in [5.41, 5.74) is 3.25. The first kappa shape index (κ1) is 23.9. The Balaban J connectivity index is 1.34. The summed E-state index contributed by atoms with van der Waals surface area (Å²) < 4.78 is 24.9. The lowest BCUT2D eigenvalue weighted by Gasteiger charge is -2.37. The number of anilines is 4. The van der Waals surface area contributed by atoms with Crippen molar-refractivity contribution >= 4 is 45.6 Å². The lowest BCUT2D eigenvalue weighted by molar-refractivity contribution is 0.395. The van der Waals surface area contributed by atoms with Crippen LogP contribution < -0.4 is 24.6 Å². The first-order valence-corrected chi connectivity index (χ1v) is 11.9. The number of methoxy groups -OCH3 is 2. The molecule has 4 aromatic rings. The SMILES string of the molecule is COc1cc(Nc2nc(C)cc(N3CCN(c4ccnc5cc(Cl)c(F)cc45)CC3)n2)cc(OC)c1. The third kappa shape index (κ3) is 4.92. The molecule has 3 heterocycles. The number of nitrogens with zero attached hydrogens (tertiary/aromatic N) is 5. The number of hydrogen-bond donors (Lipinski definition) is 1. The van der Waals surface area contributed by atoms with E-state index in [1.165, 1.54) is 6.07 Å². The zero-order valence-corrected chi connectivity index (χ0v) is 21.0. The molecule has 1 saturated heterocycles. The van der Waals surface area contributed by atoms with Crippen LogP contribution in [0.1, 0.15) is 5.69 Å². The molecule has 1 aliphatic heterocycles. The van der Waals surface area contributed by atoms with E-state index in [0.29, 0.717) is 23.0 Å². The molecule has 0 spiro atoms. The van der Waals surface area contributed by atoms with Gasteiger partial charge >= 0.3 is 0 Å². The number of halogens is 2. The molecule has 186 valence electrons. The monoisotopic (exact) mass is 508 g/mol. The van der Waals surface area contributed by atoms with Crippen LogP contribution in [0.4, 0.5) is 27.5 Å². The third-order valence-corrected chi connectivity index (χ3v) is 6.44. The van der Waals surface area contributed by atoms with E-state index < -0.39 is 5.82 Å². The van der Waals surface area contributed by atoms with Gasteiger partial charge in [0.25, 0.3) is 0 Å². The van der Waals surface area contributed by atoms with Gasteiger partial charge in [0.05, 0.1) is 24.8 Å². The van der Waals surface area contributed by atoms with Crippen molar-refractivity contribution in [2.45, 2.75) is 6.92 Å². The van der Waals surface area contributed by atoms with Crippen LogP contribution in [0.5, 0.6) is 11.5 Å². The summed E-state index contributed by atoms with van der Waals surface area (Å²) in [5, 5.41) is 4.10. The van der Waals surface area contributed by atoms with Crippen molar-refractivity contribution in [1.82, 2.24) is 15.0 Å². The van der Waals surface area contributed by atoms with Gasteiger partial charge in [-0.25, -0.2) is 9.37 Å². The summed E-state index contributed by atoms with van der Waals surface area (Å²) in [7, 11) is 3.22. The van der Waals surface area contributed by atoms with Gasteiger partial charge in [0.1, 0.15) is 23.1 Å². The zero-order valence-electron chi connectivity index (χ0n) is 20.3. The molecule has 8 nitrogen and oxygen atoms in total. The molecule has 0 bridgehead atoms. The number of aryl methyl sites for hydroxylation is 1. The van der Waals surface area contributed by atoms with Crippen molar-refractivity contribution in [2.24, 2.45) is 0 Å². The van der Waals surface area contributed by atoms with Crippen LogP contribution >= 0.6 is 11.6 Å². The average molecular weight is 509 g/mol. The van der Waals surface area contributed by atoms with Crippen molar-refractivity contribution in [2.75, 3.05) is 55.5 Å². The van der Waals surface area contributed by atoms with Gasteiger partial charge in [0.2, 0.25) is 5.95 Å². The van der Waals surface area contributed by atoms with E-state index in [-0.39, 0.29) is 5.02 Å². The van der Waals surface area contributed by atoms with Crippen molar-refractivity contribution in [3.05, 3.63) is 65.2 Å². The summed E-state index contributed by atoms with van der Waals surface area (Å²) >= 11 is 5.95. The summed E-state index contributed by atoms with van der Waals surface area (Å²) in [4.78, 5) is 18.1. The van der Waals surface area contributed by atoms with Crippen LogP contribution in [0.25, 0.3) is 10.9 Å². The minimum Gasteiger partial charge on any atom is -0.497 e. The highest BCUT2D eigenvalue weighted by molar-refractivity contribution is 6.31. The normalized spacial score (nSPS) is 13.7. The molecular formula is C26H26ClFN6O2. The fourth-order valence-corrected chi connectivity index (χ4v) is 4.51. The molecule has 0 radical (unpaired) electrons. The molecule has 1 aliphatic rings. The van der Waals surface area contributed by atoms with Crippen LogP contribution in [0.3, 0.4) is 0 Å². The van der Waals surface area contributed by atoms with Crippen LogP contribution in [0.2, 0.25) is 5.02 Å². The fraction of sp³-hybridized carbons (Fsp3) is 0.269. The molecule has 0 amide bonds. The van der Waals surface area contributed by atoms with Crippen molar-refractivity contribution in [1.29, 1.82) is 0 Å². The summed E-state index contributed by atoms with van der Waals surface area (Å²) in [5.74, 6) is 2.24. The molecule has 0 atom stereocenters. The van der Waals surface area contributed by atoms with Crippen LogP contribution in [-0.4, -0.2) is 55.4 Å². The highest BCUT2D eigenvalue weighted by Crippen LogP contribution is 2.31. The minimum atomic E-state index is -0.442. The fourth-order valence-electron chi connectivity index (χ4n) is 4.36. The Kier molecular flexibility index (Phi) is 6.65. The largest absolute Gasteiger partial charge is 0.497 e. The standard InChI is InChI=1S/C26H26ClFN6O2/c1-16-10-25(32-26(30-16)31-17-11-18(35-2)13-19(12-17)36-3)34-8-6-33(7-9-34)24-4-5-29-23-15-21(27)22(28)14-20(23)24/h4-5,10-15H,6-9H2,1-3H3,(H,30,31,32). The summed E-state index contributed by atoms with van der Waals surface area (Å²) in [6.07, 6.45) is 1.73. The average Bonchev–Trinajstić information content (AvgIpc) is 2.88. The Bertz CT molecular complexity index is 1390. The molecule has 0 unspecified atom stereocenters. The number of aromatic nitrogens is 3. The van der Waals surface area contributed by atoms with E-state index in [1.54, 1.807) is 26.5 Å². The lowest BCUT2D eigenvalue weighted by atomic mass is 10.1. The molecule has 36 heavy (non-hydrogen) atoms. The Morgan fingerprint density at radius 2 is 1.61 bits per heavy atom. The number of fused-ring (bicyclic) bond motifs is 1. The van der Waals surface area contributed by atoms with Gasteiger partial charge in [-0.1, -0.05) is 11.6 Å². The van der Waals surface area contributed by atoms with E-state index in [0.717, 1.165) is 54.5 Å². The molecule has 5 rings (SSSR count). The third-order valence-electron chi connectivity index (χ3n) is 6.15. The molecule has 10 heteroatoms. The Morgan fingerprint density at radius 1 is 0.917 bits per heavy atom. The van der Waals surface area contributed by atoms with Gasteiger partial charge in [0, 0.05) is 79.1 Å². The molecular weight excluding hydrogens is 483 g/mol. The smallest absolute Gasteiger partial charge is 0.229 e. The van der Waals surface area contributed by atoms with Crippen molar-refractivity contribution in [3.63, 3.8) is 0 Å². The number of pyridine rings is 1. The molecule has 2 aromatic heterocycles. The second-order valence-electron chi connectivity index (χ2n) is 8.51. The van der Waals surface area contributed by atoms with E-state index in [2.05, 4.69) is 25.1 Å². The number of piperazine rings is 1. The van der Waals surface area contributed by atoms with E-state index >= 15 is 0 Å². The topological polar surface area (TPSA) is 75.6 Å². The number of hydrogen-bond acceptors (Lipinski definition) is 8. The Labute approximate surface area is 213 Å². The number of benzene rings is 2. The van der Waals surface area contributed by atoms with Crippen LogP contribution in [0, 0.1) is 12.7 Å². The maximum Gasteiger partial charge on any atom is 0.229 e. The predicted molar refractivity (Wildman–Crippen MR) is 141 cm³/mol. The number of ether oxygens (including phenoxy) is 2. The first-order chi connectivity index (χ1) is 17.4. The Morgan fingerprint density at radius 3 is 2.31 bits per heavy atom. The second-order valence-corrected chi connectivity index (χ2v) is 8.91. The maximum absolute atomic E-state index is 14.2. The van der Waals surface area contributed by atoms with Crippen molar-refractivity contribution in [3.8, 4) is 11.5 Å². The van der Waals surface area contributed by atoms with Gasteiger partial charge in [-0.15, -0.1) is 0 Å². The summed E-state index contributed by atoms with van der Waals surface area (Å²) in [6, 6.07) is 12.5.